The molecular weight excluding hydrogens is 489 g/mol. The van der Waals surface area contributed by atoms with Crippen molar-refractivity contribution in [1.82, 2.24) is 4.90 Å². The first-order chi connectivity index (χ1) is 13.9. The highest BCUT2D eigenvalue weighted by Crippen LogP contribution is 2.61. The van der Waals surface area contributed by atoms with Crippen molar-refractivity contribution in [3.63, 3.8) is 0 Å². The van der Waals surface area contributed by atoms with Crippen molar-refractivity contribution in [3.8, 4) is 0 Å². The third-order valence-corrected chi connectivity index (χ3v) is 11.1. The van der Waals surface area contributed by atoms with Crippen LogP contribution in [0.15, 0.2) is 52.1 Å². The molecule has 1 aliphatic carbocycles. The maximum Gasteiger partial charge on any atom is 0.147 e. The molecule has 0 spiro atoms. The van der Waals surface area contributed by atoms with Crippen LogP contribution in [0.4, 0.5) is 0 Å². The van der Waals surface area contributed by atoms with Gasteiger partial charge in [0.2, 0.25) is 0 Å². The van der Waals surface area contributed by atoms with E-state index in [4.69, 9.17) is 9.47 Å². The summed E-state index contributed by atoms with van der Waals surface area (Å²) in [7, 11) is -1.52. The van der Waals surface area contributed by atoms with E-state index in [9.17, 15) is 0 Å². The maximum absolute atomic E-state index is 6.53. The Kier molecular flexibility index (Phi) is 8.18. The minimum Gasteiger partial charge on any atom is -0.352 e. The third-order valence-electron chi connectivity index (χ3n) is 6.95. The van der Waals surface area contributed by atoms with Crippen LogP contribution >= 0.6 is 22.6 Å². The lowest BCUT2D eigenvalue weighted by atomic mass is 9.77. The first kappa shape index (κ1) is 23.2. The normalized spacial score (nSPS) is 29.6. The summed E-state index contributed by atoms with van der Waals surface area (Å²) in [6.45, 7) is 13.0. The fourth-order valence-corrected chi connectivity index (χ4v) is 9.02. The number of allylic oxidation sites excluding steroid dienone is 1. The number of benzene rings is 1. The first-order valence-corrected chi connectivity index (χ1v) is 15.6. The second kappa shape index (κ2) is 10.2. The van der Waals surface area contributed by atoms with Gasteiger partial charge in [-0.25, -0.2) is 0 Å². The van der Waals surface area contributed by atoms with Crippen molar-refractivity contribution >= 4 is 30.7 Å². The molecule has 1 saturated carbocycles. The maximum atomic E-state index is 6.53. The Bertz CT molecular complexity index is 715. The number of nitrogens with zero attached hydrogens (tertiary/aromatic N) is 1. The molecule has 1 aliphatic heterocycles. The molecule has 0 N–H and O–H groups in total. The summed E-state index contributed by atoms with van der Waals surface area (Å²) in [5.41, 5.74) is 2.82. The Labute approximate surface area is 191 Å². The van der Waals surface area contributed by atoms with Crippen LogP contribution in [0, 0.1) is 0 Å². The Morgan fingerprint density at radius 1 is 1.24 bits per heavy atom. The van der Waals surface area contributed by atoms with Crippen molar-refractivity contribution in [2.45, 2.75) is 69.6 Å². The minimum absolute atomic E-state index is 0.252. The van der Waals surface area contributed by atoms with Crippen LogP contribution in [-0.4, -0.2) is 45.0 Å². The van der Waals surface area contributed by atoms with E-state index >= 15 is 0 Å². The number of fused-ring (bicyclic) bond motifs is 1. The van der Waals surface area contributed by atoms with Crippen LogP contribution in [0.2, 0.25) is 24.7 Å². The van der Waals surface area contributed by atoms with E-state index in [1.807, 2.05) is 6.07 Å². The van der Waals surface area contributed by atoms with Gasteiger partial charge in [0.25, 0.3) is 0 Å². The highest BCUT2D eigenvalue weighted by molar-refractivity contribution is 14.1. The van der Waals surface area contributed by atoms with E-state index in [0.29, 0.717) is 19.4 Å². The molecule has 0 unspecified atom stereocenters. The van der Waals surface area contributed by atoms with E-state index in [-0.39, 0.29) is 11.1 Å². The van der Waals surface area contributed by atoms with Gasteiger partial charge in [0.15, 0.2) is 0 Å². The van der Waals surface area contributed by atoms with Crippen molar-refractivity contribution in [2.75, 3.05) is 19.9 Å². The van der Waals surface area contributed by atoms with Crippen LogP contribution in [0.3, 0.4) is 0 Å². The highest BCUT2D eigenvalue weighted by atomic mass is 127. The molecule has 5 heteroatoms. The lowest BCUT2D eigenvalue weighted by molar-refractivity contribution is -0.118. The van der Waals surface area contributed by atoms with Crippen LogP contribution in [0.5, 0.6) is 0 Å². The molecule has 3 atom stereocenters. The number of hydrogen-bond acceptors (Lipinski definition) is 3. The number of likely N-dealkylation sites (tertiary alicyclic amines) is 1. The Morgan fingerprint density at radius 2 is 2.00 bits per heavy atom. The van der Waals surface area contributed by atoms with Crippen LogP contribution in [0.25, 0.3) is 0 Å². The van der Waals surface area contributed by atoms with E-state index in [2.05, 4.69) is 94.6 Å². The molecule has 0 radical (unpaired) electrons. The lowest BCUT2D eigenvalue weighted by Gasteiger charge is -2.54. The summed E-state index contributed by atoms with van der Waals surface area (Å²) >= 11 is 2.33. The largest absolute Gasteiger partial charge is 0.352 e. The zero-order valence-electron chi connectivity index (χ0n) is 18.4. The van der Waals surface area contributed by atoms with E-state index in [1.54, 1.807) is 5.57 Å². The van der Waals surface area contributed by atoms with Gasteiger partial charge in [-0.15, -0.1) is 0 Å². The topological polar surface area (TPSA) is 21.7 Å². The molecule has 3 nitrogen and oxygen atoms in total. The van der Waals surface area contributed by atoms with Gasteiger partial charge in [-0.3, -0.25) is 4.90 Å². The molecule has 160 valence electrons. The van der Waals surface area contributed by atoms with Gasteiger partial charge in [-0.05, 0) is 42.4 Å². The summed E-state index contributed by atoms with van der Waals surface area (Å²) in [5, 5.41) is 0.252. The van der Waals surface area contributed by atoms with Gasteiger partial charge < -0.3 is 9.47 Å². The molecule has 0 amide bonds. The zero-order valence-corrected chi connectivity index (χ0v) is 21.5. The van der Waals surface area contributed by atoms with E-state index < -0.39 is 8.07 Å². The van der Waals surface area contributed by atoms with Gasteiger partial charge in [0.05, 0.1) is 20.8 Å². The van der Waals surface area contributed by atoms with Gasteiger partial charge in [-0.2, -0.15) is 0 Å². The molecule has 3 rings (SSSR count). The molecule has 2 aliphatic rings. The third kappa shape index (κ3) is 4.90. The number of ether oxygens (including phenoxy) is 2. The smallest absolute Gasteiger partial charge is 0.147 e. The zero-order chi connectivity index (χ0) is 20.9. The van der Waals surface area contributed by atoms with Gasteiger partial charge in [-0.1, -0.05) is 90.3 Å². The molecule has 2 fully saturated rings. The molecule has 1 aromatic carbocycles. The monoisotopic (exact) mass is 525 g/mol. The van der Waals surface area contributed by atoms with Crippen molar-refractivity contribution < 1.29 is 9.47 Å². The highest BCUT2D eigenvalue weighted by Gasteiger charge is 2.61. The number of halogens is 1. The summed E-state index contributed by atoms with van der Waals surface area (Å²) in [6, 6.07) is 10.9. The molecule has 1 aromatic rings. The standard InChI is InChI=1S/C24H36INO2Si/c1-5-21-12-13-22(28-19-27-18-20-10-7-6-8-11-20)24(29(2,3)4)14-17-26(23(21)24)16-9-15-25/h5-11,15,22-23H,12-14,16-19H2,1-4H3/b15-9-,21-5+/t22-,23-,24-/m1/s1. The van der Waals surface area contributed by atoms with Crippen LogP contribution in [-0.2, 0) is 16.1 Å². The minimum atomic E-state index is -1.52. The molecule has 0 bridgehead atoms. The summed E-state index contributed by atoms with van der Waals surface area (Å²) in [4.78, 5) is 2.70. The van der Waals surface area contributed by atoms with Crippen molar-refractivity contribution in [3.05, 3.63) is 57.7 Å². The van der Waals surface area contributed by atoms with Gasteiger partial charge in [0, 0.05) is 17.6 Å². The Morgan fingerprint density at radius 3 is 2.66 bits per heavy atom. The van der Waals surface area contributed by atoms with Crippen molar-refractivity contribution in [2.24, 2.45) is 0 Å². The average molecular weight is 526 g/mol. The quantitative estimate of drug-likeness (QED) is 0.129. The Balaban J connectivity index is 1.76. The van der Waals surface area contributed by atoms with Crippen LogP contribution < -0.4 is 0 Å². The molecule has 1 heterocycles. The molecular formula is C24H36INO2Si. The SMILES string of the molecule is C/C=C1\CC[C@@H](OCOCc2ccccc2)[C@]2([Si](C)(C)C)CCN(C/C=C\I)[C@H]12. The molecule has 0 aromatic heterocycles. The fraction of sp³-hybridized carbons (Fsp3) is 0.583. The second-order valence-electron chi connectivity index (χ2n) is 9.31. The number of hydrogen-bond donors (Lipinski definition) is 0. The number of rotatable bonds is 8. The predicted molar refractivity (Wildman–Crippen MR) is 133 cm³/mol. The first-order valence-electron chi connectivity index (χ1n) is 10.8. The summed E-state index contributed by atoms with van der Waals surface area (Å²) in [6.07, 6.45) is 8.46. The average Bonchev–Trinajstić information content (AvgIpc) is 3.11. The van der Waals surface area contributed by atoms with Gasteiger partial charge >= 0.3 is 0 Å². The fourth-order valence-electron chi connectivity index (χ4n) is 5.55. The van der Waals surface area contributed by atoms with E-state index in [1.165, 1.54) is 12.0 Å². The predicted octanol–water partition coefficient (Wildman–Crippen LogP) is 6.39. The molecule has 1 saturated heterocycles. The van der Waals surface area contributed by atoms with Gasteiger partial charge in [0.1, 0.15) is 6.79 Å². The summed E-state index contributed by atoms with van der Waals surface area (Å²) in [5.74, 6) is 0. The summed E-state index contributed by atoms with van der Waals surface area (Å²) < 4.78 is 14.6. The second-order valence-corrected chi connectivity index (χ2v) is 15.5. The molecule has 29 heavy (non-hydrogen) atoms. The van der Waals surface area contributed by atoms with Crippen molar-refractivity contribution in [1.29, 1.82) is 0 Å². The van der Waals surface area contributed by atoms with Crippen LogP contribution in [0.1, 0.15) is 31.7 Å². The Hall–Kier alpha value is -0.473. The lowest BCUT2D eigenvalue weighted by Crippen LogP contribution is -2.58. The van der Waals surface area contributed by atoms with E-state index in [0.717, 1.165) is 25.9 Å².